The minimum atomic E-state index is -4.02. The van der Waals surface area contributed by atoms with Crippen molar-refractivity contribution in [2.75, 3.05) is 0 Å². The fourth-order valence-electron chi connectivity index (χ4n) is 3.22. The van der Waals surface area contributed by atoms with Crippen molar-refractivity contribution in [3.63, 3.8) is 0 Å². The molecule has 0 radical (unpaired) electrons. The van der Waals surface area contributed by atoms with Crippen LogP contribution in [-0.4, -0.2) is 18.5 Å². The van der Waals surface area contributed by atoms with Crippen LogP contribution in [0.1, 0.15) is 23.6 Å². The molecule has 0 aromatic heterocycles. The number of sulfonamides is 1. The molecule has 3 aromatic carbocycles. The lowest BCUT2D eigenvalue weighted by atomic mass is 9.99. The van der Waals surface area contributed by atoms with Crippen LogP contribution in [0.4, 0.5) is 4.39 Å². The van der Waals surface area contributed by atoms with Gasteiger partial charge in [0, 0.05) is 22.0 Å². The lowest BCUT2D eigenvalue weighted by Gasteiger charge is -2.23. The van der Waals surface area contributed by atoms with Gasteiger partial charge in [-0.15, -0.1) is 0 Å². The lowest BCUT2D eigenvalue weighted by Crippen LogP contribution is -2.27. The smallest absolute Gasteiger partial charge is 0.207 e. The predicted molar refractivity (Wildman–Crippen MR) is 112 cm³/mol. The highest BCUT2D eigenvalue weighted by Gasteiger charge is 2.38. The van der Waals surface area contributed by atoms with Crippen molar-refractivity contribution in [1.82, 2.24) is 4.41 Å². The summed E-state index contributed by atoms with van der Waals surface area (Å²) in [5.41, 5.74) is 1.52. The van der Waals surface area contributed by atoms with Crippen LogP contribution >= 0.6 is 23.2 Å². The minimum absolute atomic E-state index is 0.0318. The number of benzene rings is 3. The Kier molecular flexibility index (Phi) is 5.34. The Bertz CT molecular complexity index is 1180. The van der Waals surface area contributed by atoms with Crippen LogP contribution in [0.5, 0.6) is 0 Å². The topological polar surface area (TPSA) is 49.7 Å². The Morgan fingerprint density at radius 1 is 0.897 bits per heavy atom. The first-order chi connectivity index (χ1) is 13.9. The van der Waals surface area contributed by atoms with Crippen molar-refractivity contribution in [2.45, 2.75) is 17.4 Å². The molecule has 4 nitrogen and oxygen atoms in total. The number of halogens is 3. The average molecular weight is 449 g/mol. The maximum atomic E-state index is 14.5. The van der Waals surface area contributed by atoms with Crippen LogP contribution in [0.25, 0.3) is 0 Å². The molecular weight excluding hydrogens is 434 g/mol. The van der Waals surface area contributed by atoms with Crippen LogP contribution in [0.2, 0.25) is 10.0 Å². The molecule has 29 heavy (non-hydrogen) atoms. The Balaban J connectivity index is 1.82. The first kappa shape index (κ1) is 19.9. The van der Waals surface area contributed by atoms with Gasteiger partial charge < -0.3 is 0 Å². The molecule has 1 heterocycles. The van der Waals surface area contributed by atoms with Crippen LogP contribution in [0.15, 0.2) is 82.8 Å². The van der Waals surface area contributed by atoms with E-state index in [0.717, 1.165) is 9.98 Å². The van der Waals surface area contributed by atoms with E-state index < -0.39 is 21.9 Å². The maximum absolute atomic E-state index is 14.5. The molecule has 0 N–H and O–H groups in total. The second kappa shape index (κ2) is 7.78. The van der Waals surface area contributed by atoms with Gasteiger partial charge in [0.05, 0.1) is 16.6 Å². The van der Waals surface area contributed by atoms with Crippen LogP contribution in [-0.2, 0) is 10.0 Å². The van der Waals surface area contributed by atoms with Crippen molar-refractivity contribution < 1.29 is 12.8 Å². The van der Waals surface area contributed by atoms with Gasteiger partial charge >= 0.3 is 0 Å². The van der Waals surface area contributed by atoms with E-state index in [2.05, 4.69) is 5.10 Å². The summed E-state index contributed by atoms with van der Waals surface area (Å²) in [5, 5.41) is 5.35. The summed E-state index contributed by atoms with van der Waals surface area (Å²) in [6, 6.07) is 18.0. The van der Waals surface area contributed by atoms with Gasteiger partial charge in [-0.3, -0.25) is 0 Å². The highest BCUT2D eigenvalue weighted by molar-refractivity contribution is 7.89. The molecule has 0 amide bonds. The van der Waals surface area contributed by atoms with E-state index in [0.29, 0.717) is 15.8 Å². The number of hydrazone groups is 1. The van der Waals surface area contributed by atoms with Crippen molar-refractivity contribution in [3.05, 3.63) is 99.8 Å². The van der Waals surface area contributed by atoms with Crippen molar-refractivity contribution in [2.24, 2.45) is 5.10 Å². The van der Waals surface area contributed by atoms with Gasteiger partial charge in [0.25, 0.3) is 10.0 Å². The molecule has 0 aliphatic carbocycles. The number of hydrogen-bond donors (Lipinski definition) is 0. The molecule has 8 heteroatoms. The third-order valence-corrected chi connectivity index (χ3v) is 6.87. The van der Waals surface area contributed by atoms with E-state index in [-0.39, 0.29) is 16.9 Å². The van der Waals surface area contributed by atoms with Gasteiger partial charge in [-0.1, -0.05) is 53.5 Å². The highest BCUT2D eigenvalue weighted by Crippen LogP contribution is 2.38. The number of rotatable bonds is 4. The van der Waals surface area contributed by atoms with E-state index in [1.54, 1.807) is 42.5 Å². The zero-order valence-corrected chi connectivity index (χ0v) is 17.3. The molecule has 4 rings (SSSR count). The molecule has 1 unspecified atom stereocenters. The van der Waals surface area contributed by atoms with Crippen molar-refractivity contribution >= 4 is 38.9 Å². The standard InChI is InChI=1S/C21H15Cl2FN2O2S/c22-15-7-5-14(6-8-15)20-13-21(18-3-1-2-4-19(18)24)26(25-20)29(27,28)17-11-9-16(23)10-12-17/h1-12,21H,13H2. The largest absolute Gasteiger partial charge is 0.279 e. The molecule has 0 saturated heterocycles. The zero-order chi connectivity index (χ0) is 20.6. The molecule has 0 spiro atoms. The van der Waals surface area contributed by atoms with E-state index in [1.165, 1.54) is 30.3 Å². The summed E-state index contributed by atoms with van der Waals surface area (Å²) in [7, 11) is -4.02. The summed E-state index contributed by atoms with van der Waals surface area (Å²) in [4.78, 5) is 0.0318. The Hall–Kier alpha value is -2.41. The monoisotopic (exact) mass is 448 g/mol. The van der Waals surface area contributed by atoms with Crippen molar-refractivity contribution in [3.8, 4) is 0 Å². The summed E-state index contributed by atoms with van der Waals surface area (Å²) in [5.74, 6) is -0.485. The summed E-state index contributed by atoms with van der Waals surface area (Å²) >= 11 is 11.8. The number of nitrogens with zero attached hydrogens (tertiary/aromatic N) is 2. The molecule has 0 fully saturated rings. The third kappa shape index (κ3) is 3.88. The first-order valence-corrected chi connectivity index (χ1v) is 10.9. The second-order valence-corrected chi connectivity index (χ2v) is 9.20. The normalized spacial score (nSPS) is 16.7. The summed E-state index contributed by atoms with van der Waals surface area (Å²) in [6.07, 6.45) is 0.232. The second-order valence-electron chi connectivity index (χ2n) is 6.53. The summed E-state index contributed by atoms with van der Waals surface area (Å²) in [6.45, 7) is 0. The SMILES string of the molecule is O=S(=O)(c1ccc(Cl)cc1)N1N=C(c2ccc(Cl)cc2)CC1c1ccccc1F. The highest BCUT2D eigenvalue weighted by atomic mass is 35.5. The quantitative estimate of drug-likeness (QED) is 0.515. The fourth-order valence-corrected chi connectivity index (χ4v) is 4.90. The Labute approximate surface area is 178 Å². The zero-order valence-electron chi connectivity index (χ0n) is 15.0. The van der Waals surface area contributed by atoms with Crippen LogP contribution in [0, 0.1) is 5.82 Å². The first-order valence-electron chi connectivity index (χ1n) is 8.74. The summed E-state index contributed by atoms with van der Waals surface area (Å²) < 4.78 is 42.1. The molecule has 148 valence electrons. The maximum Gasteiger partial charge on any atom is 0.279 e. The third-order valence-electron chi connectivity index (χ3n) is 4.67. The minimum Gasteiger partial charge on any atom is -0.207 e. The van der Waals surface area contributed by atoms with E-state index in [4.69, 9.17) is 23.2 Å². The molecule has 1 aliphatic rings. The van der Waals surface area contributed by atoms with Gasteiger partial charge in [-0.05, 0) is 48.0 Å². The molecule has 1 atom stereocenters. The molecular formula is C21H15Cl2FN2O2S. The van der Waals surface area contributed by atoms with E-state index >= 15 is 0 Å². The van der Waals surface area contributed by atoms with Crippen molar-refractivity contribution in [1.29, 1.82) is 0 Å². The van der Waals surface area contributed by atoms with Gasteiger partial charge in [0.2, 0.25) is 0 Å². The lowest BCUT2D eigenvalue weighted by molar-refractivity contribution is 0.362. The average Bonchev–Trinajstić information content (AvgIpc) is 3.15. The van der Waals surface area contributed by atoms with Gasteiger partial charge in [-0.25, -0.2) is 4.39 Å². The fraction of sp³-hybridized carbons (Fsp3) is 0.0952. The van der Waals surface area contributed by atoms with Crippen LogP contribution < -0.4 is 0 Å². The van der Waals surface area contributed by atoms with Gasteiger partial charge in [0.15, 0.2) is 0 Å². The molecule has 1 aliphatic heterocycles. The Morgan fingerprint density at radius 3 is 2.10 bits per heavy atom. The van der Waals surface area contributed by atoms with Crippen LogP contribution in [0.3, 0.4) is 0 Å². The number of hydrogen-bond acceptors (Lipinski definition) is 3. The predicted octanol–water partition coefficient (Wildman–Crippen LogP) is 5.67. The molecule has 0 bridgehead atoms. The van der Waals surface area contributed by atoms with Gasteiger partial charge in [0.1, 0.15) is 5.82 Å². The Morgan fingerprint density at radius 2 is 1.48 bits per heavy atom. The van der Waals surface area contributed by atoms with Gasteiger partial charge in [-0.2, -0.15) is 17.9 Å². The molecule has 3 aromatic rings. The van der Waals surface area contributed by atoms with E-state index in [1.807, 2.05) is 0 Å². The van der Waals surface area contributed by atoms with E-state index in [9.17, 15) is 12.8 Å². The molecule has 0 saturated carbocycles.